The average Bonchev–Trinajstić information content (AvgIpc) is 3.42. The highest BCUT2D eigenvalue weighted by Gasteiger charge is 2.72. The molecule has 274 valence electrons. The minimum Gasteiger partial charge on any atom is -0.871 e. The van der Waals surface area contributed by atoms with Gasteiger partial charge >= 0.3 is 5.97 Å². The van der Waals surface area contributed by atoms with Gasteiger partial charge < -0.3 is 45.2 Å². The van der Waals surface area contributed by atoms with Crippen LogP contribution in [0.4, 0.5) is 11.4 Å². The summed E-state index contributed by atoms with van der Waals surface area (Å²) in [5.41, 5.74) is 0.462. The number of hydrogen-bond donors (Lipinski definition) is 5. The summed E-state index contributed by atoms with van der Waals surface area (Å²) >= 11 is 4.84. The molecule has 4 unspecified atom stereocenters. The molecule has 0 radical (unpaired) electrons. The fraction of sp³-hybridized carbons (Fsp3) is 0.378. The number of thiophene rings is 2. The van der Waals surface area contributed by atoms with Crippen molar-refractivity contribution in [3.8, 4) is 5.75 Å². The molecule has 52 heavy (non-hydrogen) atoms. The van der Waals surface area contributed by atoms with E-state index in [2.05, 4.69) is 45.6 Å². The summed E-state index contributed by atoms with van der Waals surface area (Å²) < 4.78 is 13.7. The summed E-state index contributed by atoms with van der Waals surface area (Å²) in [6, 6.07) is 17.4. The van der Waals surface area contributed by atoms with Crippen molar-refractivity contribution < 1.29 is 43.7 Å². The van der Waals surface area contributed by atoms with Gasteiger partial charge in [0.25, 0.3) is 0 Å². The Balaban J connectivity index is 0.908. The molecule has 15 heteroatoms. The Morgan fingerprint density at radius 1 is 1.08 bits per heavy atom. The third-order valence-corrected chi connectivity index (χ3v) is 13.4. The molecule has 0 aliphatic carbocycles. The summed E-state index contributed by atoms with van der Waals surface area (Å²) in [5.74, 6) is -1.07. The van der Waals surface area contributed by atoms with Crippen LogP contribution < -0.4 is 21.1 Å². The molecule has 5 N–H and O–H groups in total. The van der Waals surface area contributed by atoms with Gasteiger partial charge in [-0.05, 0) is 74.8 Å². The van der Waals surface area contributed by atoms with E-state index >= 15 is 0 Å². The fourth-order valence-electron chi connectivity index (χ4n) is 7.74. The Bertz CT molecular complexity index is 1870. The minimum absolute atomic E-state index is 0.0776. The van der Waals surface area contributed by atoms with Gasteiger partial charge in [0.05, 0.1) is 41.6 Å². The molecular formula is C37H39IN4O8S2. The Morgan fingerprint density at radius 2 is 1.77 bits per heavy atom. The molecule has 3 aliphatic heterocycles. The smallest absolute Gasteiger partial charge is 0.349 e. The zero-order valence-electron chi connectivity index (χ0n) is 28.2. The molecule has 3 aliphatic rings. The molecule has 7 rings (SSSR count). The summed E-state index contributed by atoms with van der Waals surface area (Å²) in [5, 5.41) is 46.4. The molecule has 2 amide bonds. The number of halogens is 1. The van der Waals surface area contributed by atoms with Crippen LogP contribution in [0.2, 0.25) is 0 Å². The standard InChI is InChI=1S/C37H39IN4O8S2/c1-42(27-16-23(17-28(42)35-34(27)50-35)49-36(47)37(48,31-4-2-12-51-31)32-5-3-13-52-32)11-10-33(46)41-25-8-6-21(14-24(25)38)18-39-19-30(45)22-7-9-29(44)26(15-22)40-20-43/h2-9,12-15,20,23,27-28,30,34-35,39,45,48H,10-11,16-19H2,1H3,(H2-,40,41,43,44,46)/t23?,27?,28?,30-,34?,35?,42?/m0/s1. The SMILES string of the molecule is C[N+]1(CCC(=O)Nc2ccc(CNC[C@H](O)c3ccc([O-])c(NC=O)c3)cc2I)C2CC(OC(=O)C(O)(c3cccs3)c3cccs3)CC1C1OC12. The highest BCUT2D eigenvalue weighted by molar-refractivity contribution is 14.1. The van der Waals surface area contributed by atoms with Crippen LogP contribution >= 0.6 is 45.3 Å². The zero-order chi connectivity index (χ0) is 36.6. The lowest BCUT2D eigenvalue weighted by Crippen LogP contribution is -2.63. The van der Waals surface area contributed by atoms with Crippen LogP contribution in [0.25, 0.3) is 0 Å². The summed E-state index contributed by atoms with van der Waals surface area (Å²) in [6.07, 6.45) is 0.864. The number of piperidine rings is 1. The van der Waals surface area contributed by atoms with Crippen LogP contribution in [-0.4, -0.2) is 83.5 Å². The maximum absolute atomic E-state index is 13.6. The second kappa shape index (κ2) is 15.1. The number of amides is 2. The maximum atomic E-state index is 13.6. The van der Waals surface area contributed by atoms with Gasteiger partial charge in [0.15, 0.2) is 0 Å². The summed E-state index contributed by atoms with van der Waals surface area (Å²) in [7, 11) is 2.17. The second-order valence-electron chi connectivity index (χ2n) is 13.7. The molecule has 5 atom stereocenters. The van der Waals surface area contributed by atoms with Crippen molar-refractivity contribution in [2.75, 3.05) is 30.8 Å². The number of nitrogens with zero attached hydrogens (tertiary/aromatic N) is 1. The van der Waals surface area contributed by atoms with E-state index < -0.39 is 17.7 Å². The van der Waals surface area contributed by atoms with Gasteiger partial charge in [-0.3, -0.25) is 9.59 Å². The number of quaternary nitrogens is 1. The number of ether oxygens (including phenoxy) is 2. The van der Waals surface area contributed by atoms with Crippen LogP contribution in [0.1, 0.15) is 46.2 Å². The number of aliphatic hydroxyl groups excluding tert-OH is 1. The van der Waals surface area contributed by atoms with E-state index in [0.29, 0.717) is 64.3 Å². The van der Waals surface area contributed by atoms with Crippen LogP contribution in [0.15, 0.2) is 71.4 Å². The largest absolute Gasteiger partial charge is 0.871 e. The lowest BCUT2D eigenvalue weighted by molar-refractivity contribution is -0.955. The number of esters is 1. The molecule has 2 bridgehead atoms. The van der Waals surface area contributed by atoms with E-state index in [0.717, 1.165) is 9.13 Å². The predicted octanol–water partition coefficient (Wildman–Crippen LogP) is 3.81. The minimum atomic E-state index is -1.85. The maximum Gasteiger partial charge on any atom is 0.349 e. The molecule has 12 nitrogen and oxygen atoms in total. The van der Waals surface area contributed by atoms with Crippen molar-refractivity contribution in [2.24, 2.45) is 0 Å². The van der Waals surface area contributed by atoms with Gasteiger partial charge in [0.1, 0.15) is 30.4 Å². The molecule has 2 aromatic carbocycles. The van der Waals surface area contributed by atoms with Gasteiger partial charge in [-0.1, -0.05) is 36.1 Å². The lowest BCUT2D eigenvalue weighted by atomic mass is 9.94. The molecule has 5 heterocycles. The van der Waals surface area contributed by atoms with E-state index in [-0.39, 0.29) is 54.3 Å². The normalized spacial score (nSPS) is 25.2. The summed E-state index contributed by atoms with van der Waals surface area (Å²) in [4.78, 5) is 38.7. The average molecular weight is 859 g/mol. The van der Waals surface area contributed by atoms with Gasteiger partial charge in [-0.2, -0.15) is 0 Å². The molecule has 3 saturated heterocycles. The second-order valence-corrected chi connectivity index (χ2v) is 16.8. The zero-order valence-corrected chi connectivity index (χ0v) is 32.0. The van der Waals surface area contributed by atoms with Crippen molar-refractivity contribution in [1.29, 1.82) is 0 Å². The monoisotopic (exact) mass is 858 g/mol. The number of anilines is 2. The van der Waals surface area contributed by atoms with Crippen molar-refractivity contribution in [2.45, 2.75) is 67.9 Å². The van der Waals surface area contributed by atoms with Crippen LogP contribution in [0, 0.1) is 3.57 Å². The quantitative estimate of drug-likeness (QED) is 0.0392. The Hall–Kier alpha value is -3.42. The number of hydrogen-bond acceptors (Lipinski definition) is 11. The molecule has 3 fully saturated rings. The van der Waals surface area contributed by atoms with Crippen LogP contribution in [0.5, 0.6) is 5.75 Å². The van der Waals surface area contributed by atoms with Crippen molar-refractivity contribution in [3.63, 3.8) is 0 Å². The van der Waals surface area contributed by atoms with Gasteiger partial charge in [-0.25, -0.2) is 4.79 Å². The highest BCUT2D eigenvalue weighted by atomic mass is 127. The highest BCUT2D eigenvalue weighted by Crippen LogP contribution is 2.53. The van der Waals surface area contributed by atoms with Crippen molar-refractivity contribution >= 4 is 74.9 Å². The third-order valence-electron chi connectivity index (χ3n) is 10.6. The first-order chi connectivity index (χ1) is 25.0. The number of epoxide rings is 1. The molecule has 0 spiro atoms. The van der Waals surface area contributed by atoms with Gasteiger partial charge in [0.2, 0.25) is 17.9 Å². The topological polar surface area (TPSA) is 173 Å². The van der Waals surface area contributed by atoms with Crippen molar-refractivity contribution in [3.05, 3.63) is 95.9 Å². The number of benzene rings is 2. The molecule has 0 saturated carbocycles. The number of fused-ring (bicyclic) bond motifs is 5. The number of nitrogens with one attached hydrogen (secondary N) is 3. The lowest BCUT2D eigenvalue weighted by Gasteiger charge is -2.48. The van der Waals surface area contributed by atoms with Gasteiger partial charge in [0, 0.05) is 35.2 Å². The number of likely N-dealkylation sites (N-methyl/N-ethyl adjacent to an activating group) is 1. The number of carbonyl (C=O) groups excluding carboxylic acids is 3. The van der Waals surface area contributed by atoms with E-state index in [1.54, 1.807) is 12.1 Å². The Labute approximate surface area is 322 Å². The number of aliphatic hydroxyl groups is 2. The number of carbonyl (C=O) groups is 3. The molecule has 4 aromatic rings. The van der Waals surface area contributed by atoms with Gasteiger partial charge in [-0.15, -0.1) is 22.7 Å². The van der Waals surface area contributed by atoms with Crippen LogP contribution in [-0.2, 0) is 36.0 Å². The third kappa shape index (κ3) is 7.24. The Morgan fingerprint density at radius 3 is 2.38 bits per heavy atom. The number of rotatable bonds is 15. The van der Waals surface area contributed by atoms with E-state index in [4.69, 9.17) is 9.47 Å². The first-order valence-corrected chi connectivity index (χ1v) is 19.8. The van der Waals surface area contributed by atoms with Crippen molar-refractivity contribution in [1.82, 2.24) is 5.32 Å². The molecular weight excluding hydrogens is 819 g/mol. The fourth-order valence-corrected chi connectivity index (χ4v) is 10.2. The van der Waals surface area contributed by atoms with E-state index in [9.17, 15) is 29.7 Å². The van der Waals surface area contributed by atoms with E-state index in [1.165, 1.54) is 40.9 Å². The Kier molecular flexibility index (Phi) is 10.7. The molecule has 2 aromatic heterocycles. The van der Waals surface area contributed by atoms with Crippen LogP contribution in [0.3, 0.4) is 0 Å². The first kappa shape index (κ1) is 36.9. The summed E-state index contributed by atoms with van der Waals surface area (Å²) in [6.45, 7) is 1.33. The predicted molar refractivity (Wildman–Crippen MR) is 203 cm³/mol. The first-order valence-electron chi connectivity index (χ1n) is 17.0. The number of morpholine rings is 1. The van der Waals surface area contributed by atoms with E-state index in [1.807, 2.05) is 41.1 Å².